The molecule has 0 spiro atoms. The maximum atomic E-state index is 12.5. The van der Waals surface area contributed by atoms with Gasteiger partial charge in [-0.3, -0.25) is 19.3 Å². The van der Waals surface area contributed by atoms with Gasteiger partial charge in [0.1, 0.15) is 6.54 Å². The summed E-state index contributed by atoms with van der Waals surface area (Å²) in [4.78, 5) is 37.7. The quantitative estimate of drug-likeness (QED) is 0.514. The molecule has 1 aromatic rings. The van der Waals surface area contributed by atoms with Gasteiger partial charge in [-0.15, -0.1) is 0 Å². The third-order valence-corrected chi connectivity index (χ3v) is 4.72. The van der Waals surface area contributed by atoms with E-state index in [1.165, 1.54) is 7.11 Å². The number of imide groups is 1. The third-order valence-electron chi connectivity index (χ3n) is 3.81. The second-order valence-corrected chi connectivity index (χ2v) is 6.81. The third kappa shape index (κ3) is 5.50. The van der Waals surface area contributed by atoms with E-state index in [1.54, 1.807) is 24.3 Å². The van der Waals surface area contributed by atoms with Crippen molar-refractivity contribution in [3.63, 3.8) is 0 Å². The van der Waals surface area contributed by atoms with Crippen molar-refractivity contribution in [3.8, 4) is 11.5 Å². The SMILES string of the molecule is CCCCNC(=O)CN1C(=O)S/C(=C\c2ccc(OCC)c(OC)c2)C1=O. The molecule has 0 bridgehead atoms. The maximum Gasteiger partial charge on any atom is 0.294 e. The lowest BCUT2D eigenvalue weighted by Crippen LogP contribution is -2.39. The summed E-state index contributed by atoms with van der Waals surface area (Å²) in [7, 11) is 1.53. The molecule has 0 atom stereocenters. The van der Waals surface area contributed by atoms with Gasteiger partial charge in [-0.25, -0.2) is 0 Å². The predicted octanol–water partition coefficient (Wildman–Crippen LogP) is 3.05. The first kappa shape index (κ1) is 20.8. The monoisotopic (exact) mass is 392 g/mol. The van der Waals surface area contributed by atoms with Crippen LogP contribution >= 0.6 is 11.8 Å². The summed E-state index contributed by atoms with van der Waals surface area (Å²) >= 11 is 0.821. The first-order valence-corrected chi connectivity index (χ1v) is 9.64. The van der Waals surface area contributed by atoms with Crippen LogP contribution in [0.3, 0.4) is 0 Å². The van der Waals surface area contributed by atoms with Crippen LogP contribution in [0.1, 0.15) is 32.3 Å². The molecule has 8 heteroatoms. The summed E-state index contributed by atoms with van der Waals surface area (Å²) in [6, 6.07) is 5.26. The molecule has 0 saturated carbocycles. The molecule has 1 aliphatic heterocycles. The number of amides is 3. The van der Waals surface area contributed by atoms with Crippen LogP contribution in [-0.4, -0.2) is 48.8 Å². The summed E-state index contributed by atoms with van der Waals surface area (Å²) < 4.78 is 10.8. The lowest BCUT2D eigenvalue weighted by Gasteiger charge is -2.12. The standard InChI is InChI=1S/C19H24N2O5S/c1-4-6-9-20-17(22)12-21-18(23)16(27-19(21)24)11-13-7-8-14(26-5-2)15(10-13)25-3/h7-8,10-11H,4-6,9,12H2,1-3H3,(H,20,22)/b16-11-. The molecule has 0 aliphatic carbocycles. The van der Waals surface area contributed by atoms with Gasteiger partial charge in [0.15, 0.2) is 11.5 Å². The average molecular weight is 392 g/mol. The number of nitrogens with zero attached hydrogens (tertiary/aromatic N) is 1. The molecule has 0 unspecified atom stereocenters. The van der Waals surface area contributed by atoms with Crippen molar-refractivity contribution < 1.29 is 23.9 Å². The van der Waals surface area contributed by atoms with Gasteiger partial charge in [0.2, 0.25) is 5.91 Å². The van der Waals surface area contributed by atoms with E-state index >= 15 is 0 Å². The fraction of sp³-hybridized carbons (Fsp3) is 0.421. The molecule has 0 aromatic heterocycles. The Labute approximate surface area is 163 Å². The maximum absolute atomic E-state index is 12.5. The molecule has 27 heavy (non-hydrogen) atoms. The Morgan fingerprint density at radius 2 is 2.04 bits per heavy atom. The van der Waals surface area contributed by atoms with Crippen molar-refractivity contribution in [2.24, 2.45) is 0 Å². The van der Waals surface area contributed by atoms with E-state index < -0.39 is 11.1 Å². The lowest BCUT2D eigenvalue weighted by molar-refractivity contribution is -0.129. The number of nitrogens with one attached hydrogen (secondary N) is 1. The zero-order valence-electron chi connectivity index (χ0n) is 15.7. The average Bonchev–Trinajstić information content (AvgIpc) is 2.90. The number of ether oxygens (including phenoxy) is 2. The number of hydrogen-bond acceptors (Lipinski definition) is 6. The van der Waals surface area contributed by atoms with Crippen LogP contribution in [0.2, 0.25) is 0 Å². The highest BCUT2D eigenvalue weighted by molar-refractivity contribution is 8.18. The van der Waals surface area contributed by atoms with Crippen molar-refractivity contribution in [2.45, 2.75) is 26.7 Å². The number of unbranched alkanes of at least 4 members (excludes halogenated alkanes) is 1. The van der Waals surface area contributed by atoms with E-state index in [9.17, 15) is 14.4 Å². The van der Waals surface area contributed by atoms with Crippen LogP contribution in [0, 0.1) is 0 Å². The number of hydrogen-bond donors (Lipinski definition) is 1. The largest absolute Gasteiger partial charge is 0.493 e. The van der Waals surface area contributed by atoms with Crippen molar-refractivity contribution >= 4 is 34.9 Å². The summed E-state index contributed by atoms with van der Waals surface area (Å²) in [5.41, 5.74) is 0.702. The normalized spacial score (nSPS) is 15.4. The van der Waals surface area contributed by atoms with Gasteiger partial charge >= 0.3 is 0 Å². The van der Waals surface area contributed by atoms with Crippen LogP contribution in [0.15, 0.2) is 23.1 Å². The Morgan fingerprint density at radius 3 is 2.70 bits per heavy atom. The van der Waals surface area contributed by atoms with E-state index in [1.807, 2.05) is 13.8 Å². The molecule has 1 heterocycles. The minimum Gasteiger partial charge on any atom is -0.493 e. The topological polar surface area (TPSA) is 84.9 Å². The minimum atomic E-state index is -0.469. The number of benzene rings is 1. The second kappa shape index (κ2) is 10.0. The highest BCUT2D eigenvalue weighted by Crippen LogP contribution is 2.34. The molecule has 1 saturated heterocycles. The fourth-order valence-electron chi connectivity index (χ4n) is 2.44. The van der Waals surface area contributed by atoms with Gasteiger partial charge in [-0.2, -0.15) is 0 Å². The molecule has 1 aliphatic rings. The zero-order valence-corrected chi connectivity index (χ0v) is 16.6. The van der Waals surface area contributed by atoms with Crippen molar-refractivity contribution in [3.05, 3.63) is 28.7 Å². The van der Waals surface area contributed by atoms with Crippen molar-refractivity contribution in [1.29, 1.82) is 0 Å². The summed E-state index contributed by atoms with van der Waals surface area (Å²) in [5, 5.41) is 2.26. The van der Waals surface area contributed by atoms with Crippen molar-refractivity contribution in [2.75, 3.05) is 26.8 Å². The molecule has 7 nitrogen and oxygen atoms in total. The van der Waals surface area contributed by atoms with Gasteiger partial charge in [0, 0.05) is 6.54 Å². The second-order valence-electron chi connectivity index (χ2n) is 5.81. The summed E-state index contributed by atoms with van der Waals surface area (Å²) in [6.45, 7) is 4.67. The van der Waals surface area contributed by atoms with Crippen molar-refractivity contribution in [1.82, 2.24) is 10.2 Å². The molecule has 1 fully saturated rings. The number of thioether (sulfide) groups is 1. The molecular formula is C19H24N2O5S. The van der Waals surface area contributed by atoms with Gasteiger partial charge < -0.3 is 14.8 Å². The predicted molar refractivity (Wildman–Crippen MR) is 105 cm³/mol. The van der Waals surface area contributed by atoms with E-state index in [2.05, 4.69) is 5.32 Å². The number of carbonyl (C=O) groups excluding carboxylic acids is 3. The van der Waals surface area contributed by atoms with Crippen LogP contribution in [0.25, 0.3) is 6.08 Å². The molecule has 1 aromatic carbocycles. The van der Waals surface area contributed by atoms with Gasteiger partial charge in [-0.1, -0.05) is 19.4 Å². The van der Waals surface area contributed by atoms with Crippen LogP contribution < -0.4 is 14.8 Å². The summed E-state index contributed by atoms with van der Waals surface area (Å²) in [6.07, 6.45) is 3.42. The Morgan fingerprint density at radius 1 is 1.26 bits per heavy atom. The van der Waals surface area contributed by atoms with Crippen LogP contribution in [0.4, 0.5) is 4.79 Å². The highest BCUT2D eigenvalue weighted by atomic mass is 32.2. The molecular weight excluding hydrogens is 368 g/mol. The van der Waals surface area contributed by atoms with Crippen LogP contribution in [-0.2, 0) is 9.59 Å². The van der Waals surface area contributed by atoms with Gasteiger partial charge in [0.25, 0.3) is 11.1 Å². The minimum absolute atomic E-state index is 0.266. The van der Waals surface area contributed by atoms with E-state index in [4.69, 9.17) is 9.47 Å². The van der Waals surface area contributed by atoms with Gasteiger partial charge in [0.05, 0.1) is 18.6 Å². The Kier molecular flexibility index (Phi) is 7.72. The van der Waals surface area contributed by atoms with Crippen LogP contribution in [0.5, 0.6) is 11.5 Å². The van der Waals surface area contributed by atoms with Gasteiger partial charge in [-0.05, 0) is 48.9 Å². The Hall–Kier alpha value is -2.48. The highest BCUT2D eigenvalue weighted by Gasteiger charge is 2.36. The molecule has 146 valence electrons. The van der Waals surface area contributed by atoms with E-state index in [-0.39, 0.29) is 17.4 Å². The molecule has 2 rings (SSSR count). The smallest absolute Gasteiger partial charge is 0.294 e. The number of rotatable bonds is 9. The van der Waals surface area contributed by atoms with E-state index in [0.717, 1.165) is 29.5 Å². The Bertz CT molecular complexity index is 748. The fourth-order valence-corrected chi connectivity index (χ4v) is 3.28. The number of methoxy groups -OCH3 is 1. The first-order chi connectivity index (χ1) is 13.0. The zero-order chi connectivity index (χ0) is 19.8. The summed E-state index contributed by atoms with van der Waals surface area (Å²) in [5.74, 6) is 0.340. The van der Waals surface area contributed by atoms with E-state index in [0.29, 0.717) is 30.2 Å². The number of carbonyl (C=O) groups is 3. The molecule has 1 N–H and O–H groups in total. The Balaban J connectivity index is 2.10. The molecule has 3 amide bonds. The lowest BCUT2D eigenvalue weighted by atomic mass is 10.2. The first-order valence-electron chi connectivity index (χ1n) is 8.83. The molecule has 0 radical (unpaired) electrons.